The van der Waals surface area contributed by atoms with Gasteiger partial charge in [0.25, 0.3) is 0 Å². The van der Waals surface area contributed by atoms with E-state index in [0.29, 0.717) is 12.8 Å². The minimum atomic E-state index is -1.82. The number of aliphatic hydroxyl groups is 10. The molecule has 68 heavy (non-hydrogen) atoms. The predicted octanol–water partition coefficient (Wildman–Crippen LogP) is 5.72. The average molecular weight is 980 g/mol. The van der Waals surface area contributed by atoms with Crippen molar-refractivity contribution < 1.29 is 74.8 Å². The van der Waals surface area contributed by atoms with Crippen LogP contribution in [0.25, 0.3) is 0 Å². The predicted molar refractivity (Wildman–Crippen MR) is 261 cm³/mol. The van der Waals surface area contributed by atoms with E-state index in [1.165, 1.54) is 135 Å². The third-order valence-electron chi connectivity index (χ3n) is 14.0. The molecule has 11 N–H and O–H groups in total. The lowest BCUT2D eigenvalue weighted by Crippen LogP contribution is -2.62. The maximum Gasteiger partial charge on any atom is 0.249 e. The van der Waals surface area contributed by atoms with E-state index in [1.807, 2.05) is 0 Å². The van der Waals surface area contributed by atoms with Gasteiger partial charge in [-0.3, -0.25) is 4.79 Å². The monoisotopic (exact) mass is 980 g/mol. The second-order valence-electron chi connectivity index (χ2n) is 20.0. The molecule has 0 aliphatic carbocycles. The van der Waals surface area contributed by atoms with E-state index in [2.05, 4.69) is 19.2 Å². The molecule has 0 bridgehead atoms. The number of aliphatic hydroxyl groups excluding tert-OH is 10. The Bertz CT molecular complexity index is 1190. The third kappa shape index (κ3) is 25.5. The number of carbonyl (C=O) groups excluding carboxylic acids is 1. The molecule has 0 aromatic rings. The van der Waals surface area contributed by atoms with Crippen molar-refractivity contribution in [2.75, 3.05) is 19.8 Å². The van der Waals surface area contributed by atoms with Crippen LogP contribution < -0.4 is 5.32 Å². The highest BCUT2D eigenvalue weighted by atomic mass is 16.7. The lowest BCUT2D eigenvalue weighted by molar-refractivity contribution is -0.332. The number of hydrogen-bond acceptors (Lipinski definition) is 15. The molecule has 0 spiro atoms. The van der Waals surface area contributed by atoms with Crippen LogP contribution in [0.5, 0.6) is 0 Å². The molecule has 14 atom stereocenters. The Morgan fingerprint density at radius 3 is 1.38 bits per heavy atom. The quantitative estimate of drug-likeness (QED) is 0.0326. The van der Waals surface area contributed by atoms with E-state index >= 15 is 0 Å². The van der Waals surface area contributed by atoms with Gasteiger partial charge < -0.3 is 75.3 Å². The van der Waals surface area contributed by atoms with E-state index < -0.39 is 111 Å². The van der Waals surface area contributed by atoms with Gasteiger partial charge in [0.15, 0.2) is 12.6 Å². The summed E-state index contributed by atoms with van der Waals surface area (Å²) in [6.45, 7) is 2.38. The number of unbranched alkanes of at least 4 members (excludes halogenated alkanes) is 28. The minimum absolute atomic E-state index is 0.204. The zero-order valence-corrected chi connectivity index (χ0v) is 42.3. The molecule has 2 saturated heterocycles. The van der Waals surface area contributed by atoms with Crippen LogP contribution in [0.15, 0.2) is 0 Å². The van der Waals surface area contributed by atoms with Crippen molar-refractivity contribution in [3.63, 3.8) is 0 Å². The van der Waals surface area contributed by atoms with Crippen LogP contribution in [0.4, 0.5) is 0 Å². The Balaban J connectivity index is 1.89. The van der Waals surface area contributed by atoms with Crippen LogP contribution in [0, 0.1) is 0 Å². The number of ether oxygens (including phenoxy) is 4. The Labute approximate surface area is 409 Å². The normalized spacial score (nSPS) is 26.4. The number of nitrogens with one attached hydrogen (secondary N) is 1. The van der Waals surface area contributed by atoms with Gasteiger partial charge in [0.1, 0.15) is 61.0 Å². The van der Waals surface area contributed by atoms with Gasteiger partial charge in [0.05, 0.1) is 32.0 Å². The molecule has 2 aliphatic heterocycles. The van der Waals surface area contributed by atoms with Crippen LogP contribution in [0.3, 0.4) is 0 Å². The molecule has 404 valence electrons. The Hall–Kier alpha value is -1.09. The maximum absolute atomic E-state index is 13.4. The summed E-state index contributed by atoms with van der Waals surface area (Å²) in [7, 11) is 0. The number of hydrogen-bond donors (Lipinski definition) is 11. The molecule has 0 aromatic carbocycles. The van der Waals surface area contributed by atoms with Crippen molar-refractivity contribution in [2.45, 2.75) is 305 Å². The Morgan fingerprint density at radius 2 is 0.956 bits per heavy atom. The summed E-state index contributed by atoms with van der Waals surface area (Å²) < 4.78 is 22.6. The fraction of sp³-hybridized carbons (Fsp3) is 0.981. The van der Waals surface area contributed by atoms with E-state index in [-0.39, 0.29) is 12.8 Å². The van der Waals surface area contributed by atoms with Crippen LogP contribution in [-0.2, 0) is 23.7 Å². The second-order valence-corrected chi connectivity index (χ2v) is 20.0. The number of carbonyl (C=O) groups is 1. The highest BCUT2D eigenvalue weighted by molar-refractivity contribution is 5.80. The molecular weight excluding hydrogens is 879 g/mol. The molecule has 16 heteroatoms. The lowest BCUT2D eigenvalue weighted by Gasteiger charge is -2.43. The first-order valence-corrected chi connectivity index (χ1v) is 27.5. The molecule has 0 radical (unpaired) electrons. The largest absolute Gasteiger partial charge is 0.394 e. The van der Waals surface area contributed by atoms with Crippen molar-refractivity contribution in [3.05, 3.63) is 0 Å². The van der Waals surface area contributed by atoms with Crippen LogP contribution in [0.2, 0.25) is 0 Å². The summed E-state index contributed by atoms with van der Waals surface area (Å²) >= 11 is 0. The molecule has 0 saturated carbocycles. The summed E-state index contributed by atoms with van der Waals surface area (Å²) in [5, 5.41) is 109. The van der Waals surface area contributed by atoms with Crippen molar-refractivity contribution in [3.8, 4) is 0 Å². The van der Waals surface area contributed by atoms with Gasteiger partial charge in [-0.15, -0.1) is 0 Å². The van der Waals surface area contributed by atoms with Gasteiger partial charge in [0, 0.05) is 0 Å². The zero-order valence-electron chi connectivity index (χ0n) is 42.3. The molecule has 16 nitrogen and oxygen atoms in total. The smallest absolute Gasteiger partial charge is 0.249 e. The average Bonchev–Trinajstić information content (AvgIpc) is 3.62. The van der Waals surface area contributed by atoms with Gasteiger partial charge in [0.2, 0.25) is 5.91 Å². The molecule has 2 rings (SSSR count). The minimum Gasteiger partial charge on any atom is -0.394 e. The fourth-order valence-corrected chi connectivity index (χ4v) is 9.42. The molecule has 14 unspecified atom stereocenters. The molecular formula is C52H101NO15. The summed E-state index contributed by atoms with van der Waals surface area (Å²) in [5.74, 6) is -0.761. The number of amides is 1. The van der Waals surface area contributed by atoms with E-state index in [1.54, 1.807) is 0 Å². The first kappa shape index (κ1) is 63.0. The first-order valence-electron chi connectivity index (χ1n) is 27.5. The van der Waals surface area contributed by atoms with Crippen LogP contribution in [0.1, 0.15) is 219 Å². The zero-order chi connectivity index (χ0) is 49.9. The van der Waals surface area contributed by atoms with Crippen LogP contribution >= 0.6 is 0 Å². The number of rotatable bonds is 44. The van der Waals surface area contributed by atoms with Gasteiger partial charge in [-0.2, -0.15) is 0 Å². The summed E-state index contributed by atoms with van der Waals surface area (Å²) in [6.07, 6.45) is 15.5. The topological polar surface area (TPSA) is 268 Å². The summed E-state index contributed by atoms with van der Waals surface area (Å²) in [5.41, 5.74) is 0. The van der Waals surface area contributed by atoms with Gasteiger partial charge in [-0.25, -0.2) is 0 Å². The molecule has 2 heterocycles. The van der Waals surface area contributed by atoms with Crippen molar-refractivity contribution in [1.82, 2.24) is 5.32 Å². The van der Waals surface area contributed by atoms with Gasteiger partial charge in [-0.1, -0.05) is 206 Å². The van der Waals surface area contributed by atoms with E-state index in [4.69, 9.17) is 18.9 Å². The maximum atomic E-state index is 13.4. The molecule has 0 aromatic heterocycles. The highest BCUT2D eigenvalue weighted by Crippen LogP contribution is 2.31. The van der Waals surface area contributed by atoms with E-state index in [9.17, 15) is 55.9 Å². The SMILES string of the molecule is CCCCCCCCCCCCCCCCCCCCC(O)C(=O)NC(COC1OC(CO)C(O)C(OC2OC(C(O)CO)C(O)C2O)C1O)C(O)C(O)CCCCCCCCCCCCCC. The van der Waals surface area contributed by atoms with Crippen molar-refractivity contribution in [1.29, 1.82) is 0 Å². The highest BCUT2D eigenvalue weighted by Gasteiger charge is 2.52. The Kier molecular flexibility index (Phi) is 36.6. The molecule has 1 amide bonds. The van der Waals surface area contributed by atoms with Gasteiger partial charge in [-0.05, 0) is 12.8 Å². The lowest BCUT2D eigenvalue weighted by atomic mass is 9.98. The third-order valence-corrected chi connectivity index (χ3v) is 14.0. The molecule has 2 aliphatic rings. The first-order chi connectivity index (χ1) is 32.9. The summed E-state index contributed by atoms with van der Waals surface area (Å²) in [4.78, 5) is 13.4. The van der Waals surface area contributed by atoms with Gasteiger partial charge >= 0.3 is 0 Å². The Morgan fingerprint density at radius 1 is 0.529 bits per heavy atom. The van der Waals surface area contributed by atoms with Crippen LogP contribution in [-0.4, -0.2) is 163 Å². The molecule has 2 fully saturated rings. The second kappa shape index (κ2) is 39.4. The van der Waals surface area contributed by atoms with Crippen molar-refractivity contribution in [2.24, 2.45) is 0 Å². The van der Waals surface area contributed by atoms with E-state index in [0.717, 1.165) is 44.9 Å². The fourth-order valence-electron chi connectivity index (χ4n) is 9.42. The van der Waals surface area contributed by atoms with Crippen molar-refractivity contribution >= 4 is 5.91 Å². The summed E-state index contributed by atoms with van der Waals surface area (Å²) in [6, 6.07) is -1.28. The standard InChI is InChI=1S/C52H101NO15/c1-3-5-7-9-11-13-15-17-18-19-20-21-22-24-26-28-30-32-34-40(57)50(64)53-38(43(59)39(56)33-31-29-27-25-23-16-14-12-10-8-6-4-2)37-65-51-47(63)49(44(60)42(36-55)66-51)68-52-46(62)45(61)48(67-52)41(58)35-54/h38-49,51-52,54-63H,3-37H2,1-2H3,(H,53,64).